The number of rotatable bonds is 14. The van der Waals surface area contributed by atoms with Gasteiger partial charge >= 0.3 is 0 Å². The molecule has 0 saturated heterocycles. The Kier molecular flexibility index (Phi) is 11.0. The van der Waals surface area contributed by atoms with Crippen molar-refractivity contribution in [2.75, 3.05) is 43.4 Å². The van der Waals surface area contributed by atoms with Crippen LogP contribution in [-0.2, 0) is 26.0 Å². The first-order valence-corrected chi connectivity index (χ1v) is 15.4. The summed E-state index contributed by atoms with van der Waals surface area (Å²) in [5.41, 5.74) is 1.53. The zero-order chi connectivity index (χ0) is 28.4. The summed E-state index contributed by atoms with van der Waals surface area (Å²) in [4.78, 5) is 28.2. The van der Waals surface area contributed by atoms with Crippen LogP contribution < -0.4 is 19.1 Å². The lowest BCUT2D eigenvalue weighted by atomic mass is 10.1. The van der Waals surface area contributed by atoms with Crippen molar-refractivity contribution in [2.24, 2.45) is 5.92 Å². The summed E-state index contributed by atoms with van der Waals surface area (Å²) >= 11 is 0. The number of amides is 2. The van der Waals surface area contributed by atoms with Crippen molar-refractivity contribution in [3.05, 3.63) is 54.1 Å². The van der Waals surface area contributed by atoms with Crippen LogP contribution in [0, 0.1) is 5.92 Å². The molecule has 0 saturated carbocycles. The highest BCUT2D eigenvalue weighted by molar-refractivity contribution is 7.92. The van der Waals surface area contributed by atoms with Gasteiger partial charge in [-0.05, 0) is 42.9 Å². The lowest BCUT2D eigenvalue weighted by Gasteiger charge is -2.31. The van der Waals surface area contributed by atoms with E-state index in [0.717, 1.165) is 11.8 Å². The van der Waals surface area contributed by atoms with E-state index in [1.165, 1.54) is 4.31 Å². The lowest BCUT2D eigenvalue weighted by molar-refractivity contribution is -0.140. The Balaban J connectivity index is 1.72. The highest BCUT2D eigenvalue weighted by Gasteiger charge is 2.28. The van der Waals surface area contributed by atoms with Gasteiger partial charge in [0.1, 0.15) is 19.3 Å². The van der Waals surface area contributed by atoms with Crippen molar-refractivity contribution >= 4 is 27.5 Å². The van der Waals surface area contributed by atoms with Crippen molar-refractivity contribution in [3.8, 4) is 11.5 Å². The Morgan fingerprint density at radius 1 is 1.00 bits per heavy atom. The molecule has 2 aromatic rings. The van der Waals surface area contributed by atoms with Gasteiger partial charge in [0.05, 0.1) is 11.9 Å². The van der Waals surface area contributed by atoms with Crippen molar-refractivity contribution in [2.45, 2.75) is 52.5 Å². The molecular formula is C29H41N3O6S. The molecule has 0 aromatic heterocycles. The second-order valence-corrected chi connectivity index (χ2v) is 12.1. The van der Waals surface area contributed by atoms with Gasteiger partial charge < -0.3 is 19.7 Å². The van der Waals surface area contributed by atoms with Crippen LogP contribution in [0.15, 0.2) is 48.5 Å². The van der Waals surface area contributed by atoms with Gasteiger partial charge in [0.25, 0.3) is 0 Å². The van der Waals surface area contributed by atoms with Crippen LogP contribution in [-0.4, -0.2) is 70.3 Å². The Morgan fingerprint density at radius 3 is 2.33 bits per heavy atom. The minimum absolute atomic E-state index is 0.110. The number of fused-ring (bicyclic) bond motifs is 1. The van der Waals surface area contributed by atoms with Crippen molar-refractivity contribution in [1.29, 1.82) is 0 Å². The lowest BCUT2D eigenvalue weighted by Crippen LogP contribution is -2.50. The minimum Gasteiger partial charge on any atom is -0.486 e. The van der Waals surface area contributed by atoms with Crippen LogP contribution >= 0.6 is 0 Å². The highest BCUT2D eigenvalue weighted by atomic mass is 32.2. The van der Waals surface area contributed by atoms with E-state index in [9.17, 15) is 18.0 Å². The minimum atomic E-state index is -3.61. The Bertz CT molecular complexity index is 1200. The third kappa shape index (κ3) is 8.88. The molecule has 39 heavy (non-hydrogen) atoms. The van der Waals surface area contributed by atoms with E-state index in [4.69, 9.17) is 9.47 Å². The maximum atomic E-state index is 13.5. The van der Waals surface area contributed by atoms with Crippen molar-refractivity contribution < 1.29 is 27.5 Å². The Labute approximate surface area is 232 Å². The molecule has 2 aromatic carbocycles. The standard InChI is InChI=1S/C29H41N3O6S/c1-5-25(29(34)30-21-22(2)3)31(17-15-23-10-7-6-8-11-23)28(33)12-9-16-32(39(4,35)36)24-13-14-26-27(20-24)38-19-18-37-26/h6-8,10-11,13-14,20,22,25H,5,9,12,15-19,21H2,1-4H3,(H,30,34). The number of nitrogens with one attached hydrogen (secondary N) is 1. The number of benzene rings is 2. The van der Waals surface area contributed by atoms with Crippen LogP contribution in [0.2, 0.25) is 0 Å². The van der Waals surface area contributed by atoms with Gasteiger partial charge in [-0.3, -0.25) is 13.9 Å². The topological polar surface area (TPSA) is 105 Å². The highest BCUT2D eigenvalue weighted by Crippen LogP contribution is 2.34. The van der Waals surface area contributed by atoms with E-state index < -0.39 is 16.1 Å². The van der Waals surface area contributed by atoms with Gasteiger partial charge in [0, 0.05) is 32.1 Å². The number of anilines is 1. The van der Waals surface area contributed by atoms with Crippen LogP contribution in [0.1, 0.15) is 45.6 Å². The number of sulfonamides is 1. The van der Waals surface area contributed by atoms with E-state index in [1.807, 2.05) is 51.1 Å². The fourth-order valence-electron chi connectivity index (χ4n) is 4.51. The predicted molar refractivity (Wildman–Crippen MR) is 153 cm³/mol. The van der Waals surface area contributed by atoms with E-state index in [0.29, 0.717) is 68.7 Å². The second-order valence-electron chi connectivity index (χ2n) is 10.2. The third-order valence-electron chi connectivity index (χ3n) is 6.52. The van der Waals surface area contributed by atoms with E-state index in [-0.39, 0.29) is 24.8 Å². The molecule has 2 amide bonds. The summed E-state index contributed by atoms with van der Waals surface area (Å²) in [5.74, 6) is 1.02. The van der Waals surface area contributed by atoms with Gasteiger partial charge in [-0.2, -0.15) is 0 Å². The van der Waals surface area contributed by atoms with Gasteiger partial charge in [-0.1, -0.05) is 51.1 Å². The van der Waals surface area contributed by atoms with E-state index in [2.05, 4.69) is 5.32 Å². The second kappa shape index (κ2) is 14.2. The average Bonchev–Trinajstić information content (AvgIpc) is 2.91. The summed E-state index contributed by atoms with van der Waals surface area (Å²) in [6.45, 7) is 7.83. The summed E-state index contributed by atoms with van der Waals surface area (Å²) < 4.78 is 37.7. The maximum absolute atomic E-state index is 13.5. The number of nitrogens with zero attached hydrogens (tertiary/aromatic N) is 2. The van der Waals surface area contributed by atoms with Crippen LogP contribution in [0.5, 0.6) is 11.5 Å². The summed E-state index contributed by atoms with van der Waals surface area (Å²) in [5, 5.41) is 2.96. The van der Waals surface area contributed by atoms with E-state index in [1.54, 1.807) is 23.1 Å². The van der Waals surface area contributed by atoms with Crippen LogP contribution in [0.25, 0.3) is 0 Å². The number of hydrogen-bond donors (Lipinski definition) is 1. The molecule has 1 heterocycles. The fraction of sp³-hybridized carbons (Fsp3) is 0.517. The van der Waals surface area contributed by atoms with Crippen LogP contribution in [0.4, 0.5) is 5.69 Å². The predicted octanol–water partition coefficient (Wildman–Crippen LogP) is 3.63. The summed E-state index contributed by atoms with van der Waals surface area (Å²) in [7, 11) is -3.61. The molecule has 10 heteroatoms. The SMILES string of the molecule is CCC(C(=O)NCC(C)C)N(CCc1ccccc1)C(=O)CCCN(c1ccc2c(c1)OCCO2)S(C)(=O)=O. The molecule has 0 spiro atoms. The van der Waals surface area contributed by atoms with Crippen molar-refractivity contribution in [3.63, 3.8) is 0 Å². The number of carbonyl (C=O) groups is 2. The van der Waals surface area contributed by atoms with Crippen molar-refractivity contribution in [1.82, 2.24) is 10.2 Å². The molecule has 0 bridgehead atoms. The van der Waals surface area contributed by atoms with Crippen LogP contribution in [0.3, 0.4) is 0 Å². The average molecular weight is 560 g/mol. The quantitative estimate of drug-likeness (QED) is 0.379. The molecule has 214 valence electrons. The molecule has 1 unspecified atom stereocenters. The largest absolute Gasteiger partial charge is 0.486 e. The summed E-state index contributed by atoms with van der Waals surface area (Å²) in [6.07, 6.45) is 2.65. The zero-order valence-electron chi connectivity index (χ0n) is 23.4. The molecule has 0 fully saturated rings. The van der Waals surface area contributed by atoms with Gasteiger partial charge in [-0.15, -0.1) is 0 Å². The first-order chi connectivity index (χ1) is 18.6. The normalized spacial score (nSPS) is 13.6. The maximum Gasteiger partial charge on any atom is 0.242 e. The smallest absolute Gasteiger partial charge is 0.242 e. The number of carbonyl (C=O) groups excluding carboxylic acids is 2. The molecule has 0 radical (unpaired) electrons. The molecule has 1 aliphatic rings. The van der Waals surface area contributed by atoms with Gasteiger partial charge in [-0.25, -0.2) is 8.42 Å². The molecular weight excluding hydrogens is 518 g/mol. The van der Waals surface area contributed by atoms with Gasteiger partial charge in [0.2, 0.25) is 21.8 Å². The first-order valence-electron chi connectivity index (χ1n) is 13.6. The molecule has 3 rings (SSSR count). The fourth-order valence-corrected chi connectivity index (χ4v) is 5.47. The summed E-state index contributed by atoms with van der Waals surface area (Å²) in [6, 6.07) is 14.3. The third-order valence-corrected chi connectivity index (χ3v) is 7.71. The molecule has 0 aliphatic carbocycles. The monoisotopic (exact) mass is 559 g/mol. The number of hydrogen-bond acceptors (Lipinski definition) is 6. The molecule has 1 aliphatic heterocycles. The Hall–Kier alpha value is -3.27. The van der Waals surface area contributed by atoms with E-state index >= 15 is 0 Å². The number of ether oxygens (including phenoxy) is 2. The van der Waals surface area contributed by atoms with Gasteiger partial charge in [0.15, 0.2) is 11.5 Å². The first kappa shape index (κ1) is 30.3. The molecule has 1 atom stereocenters. The zero-order valence-corrected chi connectivity index (χ0v) is 24.2. The Morgan fingerprint density at radius 2 is 1.69 bits per heavy atom. The molecule has 9 nitrogen and oxygen atoms in total. The molecule has 1 N–H and O–H groups in total.